The first-order chi connectivity index (χ1) is 9.95. The van der Waals surface area contributed by atoms with Gasteiger partial charge in [0.25, 0.3) is 5.91 Å². The summed E-state index contributed by atoms with van der Waals surface area (Å²) in [6.07, 6.45) is 1.63. The fourth-order valence-electron chi connectivity index (χ4n) is 1.57. The Hall–Kier alpha value is -3.36. The highest BCUT2D eigenvalue weighted by molar-refractivity contribution is 5.93. The standard InChI is InChI=1S/C12H14N8O/c13-10(21)9-5-6-20(19-9)8-3-1-7(2-4-8)17-12(16)18-11(14)15/h1-6H,(H2,13,21)(H6,14,15,16,17,18). The number of aromatic nitrogens is 2. The molecule has 2 aromatic rings. The first-order valence-corrected chi connectivity index (χ1v) is 5.85. The molecule has 1 heterocycles. The molecule has 8 N–H and O–H groups in total. The van der Waals surface area contributed by atoms with Crippen molar-refractivity contribution in [1.29, 1.82) is 0 Å². The number of hydrogen-bond acceptors (Lipinski definition) is 3. The number of amides is 1. The minimum atomic E-state index is -0.583. The van der Waals surface area contributed by atoms with Crippen molar-refractivity contribution in [3.05, 3.63) is 42.2 Å². The second kappa shape index (κ2) is 5.74. The van der Waals surface area contributed by atoms with Crippen molar-refractivity contribution in [3.8, 4) is 5.69 Å². The summed E-state index contributed by atoms with van der Waals surface area (Å²) < 4.78 is 1.52. The lowest BCUT2D eigenvalue weighted by atomic mass is 10.3. The topological polar surface area (TPSA) is 164 Å². The maximum atomic E-state index is 11.0. The zero-order valence-corrected chi connectivity index (χ0v) is 11.0. The van der Waals surface area contributed by atoms with E-state index in [1.54, 1.807) is 30.5 Å². The largest absolute Gasteiger partial charge is 0.370 e. The van der Waals surface area contributed by atoms with Crippen LogP contribution in [0.2, 0.25) is 0 Å². The minimum Gasteiger partial charge on any atom is -0.370 e. The van der Waals surface area contributed by atoms with Gasteiger partial charge in [-0.15, -0.1) is 0 Å². The first-order valence-electron chi connectivity index (χ1n) is 5.85. The highest BCUT2D eigenvalue weighted by Crippen LogP contribution is 2.15. The van der Waals surface area contributed by atoms with Gasteiger partial charge in [-0.05, 0) is 30.3 Å². The molecule has 2 rings (SSSR count). The van der Waals surface area contributed by atoms with Gasteiger partial charge < -0.3 is 22.9 Å². The van der Waals surface area contributed by atoms with Crippen molar-refractivity contribution in [2.45, 2.75) is 0 Å². The SMILES string of the molecule is NC(=O)c1ccn(-c2ccc(N=C(N)N=C(N)N)cc2)n1. The van der Waals surface area contributed by atoms with Gasteiger partial charge in [-0.25, -0.2) is 9.67 Å². The molecule has 108 valence electrons. The van der Waals surface area contributed by atoms with Crippen LogP contribution in [-0.4, -0.2) is 27.6 Å². The lowest BCUT2D eigenvalue weighted by molar-refractivity contribution is 0.0995. The fraction of sp³-hybridized carbons (Fsp3) is 0. The molecule has 0 saturated carbocycles. The highest BCUT2D eigenvalue weighted by Gasteiger charge is 2.05. The predicted octanol–water partition coefficient (Wildman–Crippen LogP) is -0.809. The molecule has 0 spiro atoms. The predicted molar refractivity (Wildman–Crippen MR) is 79.2 cm³/mol. The lowest BCUT2D eigenvalue weighted by Gasteiger charge is -2.02. The summed E-state index contributed by atoms with van der Waals surface area (Å²) in [7, 11) is 0. The summed E-state index contributed by atoms with van der Waals surface area (Å²) in [6.45, 7) is 0. The summed E-state index contributed by atoms with van der Waals surface area (Å²) >= 11 is 0. The molecule has 0 saturated heterocycles. The van der Waals surface area contributed by atoms with Crippen molar-refractivity contribution in [1.82, 2.24) is 9.78 Å². The van der Waals surface area contributed by atoms with Crippen LogP contribution >= 0.6 is 0 Å². The Morgan fingerprint density at radius 1 is 1.05 bits per heavy atom. The molecular weight excluding hydrogens is 272 g/mol. The normalized spacial score (nSPS) is 11.1. The Labute approximate surface area is 120 Å². The molecule has 0 fully saturated rings. The van der Waals surface area contributed by atoms with E-state index in [4.69, 9.17) is 22.9 Å². The van der Waals surface area contributed by atoms with Gasteiger partial charge in [0, 0.05) is 6.20 Å². The van der Waals surface area contributed by atoms with E-state index in [1.807, 2.05) is 0 Å². The smallest absolute Gasteiger partial charge is 0.269 e. The Balaban J connectivity index is 2.22. The Morgan fingerprint density at radius 2 is 1.71 bits per heavy atom. The van der Waals surface area contributed by atoms with Crippen LogP contribution in [0.1, 0.15) is 10.5 Å². The molecule has 0 atom stereocenters. The first kappa shape index (κ1) is 14.1. The van der Waals surface area contributed by atoms with Gasteiger partial charge in [-0.3, -0.25) is 4.79 Å². The molecule has 0 bridgehead atoms. The van der Waals surface area contributed by atoms with Crippen LogP contribution in [0.25, 0.3) is 5.69 Å². The van der Waals surface area contributed by atoms with Gasteiger partial charge in [-0.2, -0.15) is 10.1 Å². The molecule has 9 nitrogen and oxygen atoms in total. The molecule has 0 radical (unpaired) electrons. The molecule has 9 heteroatoms. The molecule has 0 unspecified atom stereocenters. The fourth-order valence-corrected chi connectivity index (χ4v) is 1.57. The van der Waals surface area contributed by atoms with E-state index in [1.165, 1.54) is 10.7 Å². The Morgan fingerprint density at radius 3 is 2.24 bits per heavy atom. The average Bonchev–Trinajstić information content (AvgIpc) is 2.88. The van der Waals surface area contributed by atoms with E-state index in [2.05, 4.69) is 15.1 Å². The molecule has 1 aromatic heterocycles. The van der Waals surface area contributed by atoms with Crippen LogP contribution in [0.4, 0.5) is 5.69 Å². The van der Waals surface area contributed by atoms with Crippen molar-refractivity contribution in [3.63, 3.8) is 0 Å². The van der Waals surface area contributed by atoms with Gasteiger partial charge in [0.2, 0.25) is 5.96 Å². The maximum Gasteiger partial charge on any atom is 0.269 e. The summed E-state index contributed by atoms with van der Waals surface area (Å²) in [5, 5.41) is 4.04. The van der Waals surface area contributed by atoms with E-state index in [0.717, 1.165) is 5.69 Å². The van der Waals surface area contributed by atoms with Crippen molar-refractivity contribution in [2.75, 3.05) is 0 Å². The number of primary amides is 1. The van der Waals surface area contributed by atoms with Crippen molar-refractivity contribution in [2.24, 2.45) is 32.9 Å². The number of carbonyl (C=O) groups excluding carboxylic acids is 1. The van der Waals surface area contributed by atoms with Gasteiger partial charge in [-0.1, -0.05) is 0 Å². The van der Waals surface area contributed by atoms with Gasteiger partial charge >= 0.3 is 0 Å². The van der Waals surface area contributed by atoms with Crippen LogP contribution < -0.4 is 22.9 Å². The number of hydrogen-bond donors (Lipinski definition) is 4. The van der Waals surface area contributed by atoms with Crippen LogP contribution in [-0.2, 0) is 0 Å². The zero-order chi connectivity index (χ0) is 15.4. The maximum absolute atomic E-state index is 11.0. The number of benzene rings is 1. The highest BCUT2D eigenvalue weighted by atomic mass is 16.1. The van der Waals surface area contributed by atoms with Crippen LogP contribution in [0.3, 0.4) is 0 Å². The second-order valence-electron chi connectivity index (χ2n) is 4.03. The van der Waals surface area contributed by atoms with Gasteiger partial charge in [0.15, 0.2) is 5.96 Å². The van der Waals surface area contributed by atoms with Crippen LogP contribution in [0, 0.1) is 0 Å². The molecule has 1 amide bonds. The van der Waals surface area contributed by atoms with Crippen molar-refractivity contribution >= 4 is 23.5 Å². The molecule has 1 aromatic carbocycles. The van der Waals surface area contributed by atoms with E-state index in [0.29, 0.717) is 5.69 Å². The molecule has 0 aliphatic carbocycles. The van der Waals surface area contributed by atoms with Crippen LogP contribution in [0.15, 0.2) is 46.5 Å². The summed E-state index contributed by atoms with van der Waals surface area (Å²) in [5.41, 5.74) is 22.6. The lowest BCUT2D eigenvalue weighted by Crippen LogP contribution is -2.26. The minimum absolute atomic E-state index is 0.0437. The number of rotatable bonds is 3. The molecule has 0 aliphatic heterocycles. The van der Waals surface area contributed by atoms with E-state index >= 15 is 0 Å². The number of nitrogens with zero attached hydrogens (tertiary/aromatic N) is 4. The van der Waals surface area contributed by atoms with Gasteiger partial charge in [0.05, 0.1) is 11.4 Å². The number of aliphatic imine (C=N–C) groups is 2. The number of guanidine groups is 2. The molecule has 0 aliphatic rings. The molecular formula is C12H14N8O. The zero-order valence-electron chi connectivity index (χ0n) is 11.0. The van der Waals surface area contributed by atoms with Crippen LogP contribution in [0.5, 0.6) is 0 Å². The monoisotopic (exact) mass is 286 g/mol. The second-order valence-corrected chi connectivity index (χ2v) is 4.03. The Kier molecular flexibility index (Phi) is 3.84. The van der Waals surface area contributed by atoms with Gasteiger partial charge in [0.1, 0.15) is 5.69 Å². The number of carbonyl (C=O) groups is 1. The summed E-state index contributed by atoms with van der Waals surface area (Å²) in [5.74, 6) is -0.791. The third-order valence-electron chi connectivity index (χ3n) is 2.44. The third kappa shape index (κ3) is 3.56. The third-order valence-corrected chi connectivity index (χ3v) is 2.44. The number of nitrogens with two attached hydrogens (primary N) is 4. The average molecular weight is 286 g/mol. The van der Waals surface area contributed by atoms with E-state index in [-0.39, 0.29) is 17.6 Å². The summed E-state index contributed by atoms with van der Waals surface area (Å²) in [4.78, 5) is 18.6. The van der Waals surface area contributed by atoms with E-state index in [9.17, 15) is 4.79 Å². The quantitative estimate of drug-likeness (QED) is 0.427. The van der Waals surface area contributed by atoms with E-state index < -0.39 is 5.91 Å². The molecule has 21 heavy (non-hydrogen) atoms. The van der Waals surface area contributed by atoms with Crippen molar-refractivity contribution < 1.29 is 4.79 Å². The summed E-state index contributed by atoms with van der Waals surface area (Å²) in [6, 6.07) is 8.44. The Bertz CT molecular complexity index is 709.